The van der Waals surface area contributed by atoms with Crippen LogP contribution in [0.25, 0.3) is 10.9 Å². The first-order chi connectivity index (χ1) is 10.8. The zero-order valence-corrected chi connectivity index (χ0v) is 12.2. The molecule has 0 spiro atoms. The van der Waals surface area contributed by atoms with E-state index in [0.717, 1.165) is 33.6 Å². The van der Waals surface area contributed by atoms with E-state index in [-0.39, 0.29) is 0 Å². The molecule has 2 aromatic heterocycles. The summed E-state index contributed by atoms with van der Waals surface area (Å²) in [4.78, 5) is 8.70. The van der Waals surface area contributed by atoms with Crippen LogP contribution in [0.2, 0.25) is 0 Å². The number of hydrogen-bond acceptors (Lipinski definition) is 5. The Morgan fingerprint density at radius 1 is 1.14 bits per heavy atom. The quantitative estimate of drug-likeness (QED) is 0.455. The molecule has 0 aliphatic carbocycles. The van der Waals surface area contributed by atoms with Crippen LogP contribution in [-0.4, -0.2) is 22.8 Å². The van der Waals surface area contributed by atoms with E-state index in [1.165, 1.54) is 0 Å². The molecule has 0 amide bonds. The number of aromatic nitrogens is 2. The fourth-order valence-corrected chi connectivity index (χ4v) is 2.38. The molecule has 22 heavy (non-hydrogen) atoms. The first-order valence-electron chi connectivity index (χ1n) is 6.91. The fraction of sp³-hybridized carbons (Fsp3) is 0.118. The number of benzene rings is 1. The van der Waals surface area contributed by atoms with E-state index in [4.69, 9.17) is 10.6 Å². The molecule has 5 nitrogen and oxygen atoms in total. The van der Waals surface area contributed by atoms with Gasteiger partial charge in [0.15, 0.2) is 0 Å². The van der Waals surface area contributed by atoms with Crippen LogP contribution in [-0.2, 0) is 6.42 Å². The summed E-state index contributed by atoms with van der Waals surface area (Å²) in [5, 5.41) is 4.96. The molecule has 0 unspecified atom stereocenters. The highest BCUT2D eigenvalue weighted by molar-refractivity contribution is 6.02. The Labute approximate surface area is 128 Å². The van der Waals surface area contributed by atoms with Gasteiger partial charge in [0.1, 0.15) is 5.75 Å². The maximum absolute atomic E-state index is 5.55. The van der Waals surface area contributed by atoms with Crippen molar-refractivity contribution in [1.29, 1.82) is 0 Å². The molecule has 0 saturated carbocycles. The third-order valence-corrected chi connectivity index (χ3v) is 3.51. The van der Waals surface area contributed by atoms with Crippen LogP contribution in [0.5, 0.6) is 5.75 Å². The number of methoxy groups -OCH3 is 1. The Bertz CT molecular complexity index is 815. The van der Waals surface area contributed by atoms with Crippen molar-refractivity contribution in [3.05, 3.63) is 66.1 Å². The first kappa shape index (κ1) is 14.0. The minimum absolute atomic E-state index is 0.596. The Morgan fingerprint density at radius 3 is 2.77 bits per heavy atom. The molecule has 0 saturated heterocycles. The molecular weight excluding hydrogens is 276 g/mol. The summed E-state index contributed by atoms with van der Waals surface area (Å²) in [6.45, 7) is 0. The van der Waals surface area contributed by atoms with E-state index in [0.29, 0.717) is 6.42 Å². The lowest BCUT2D eigenvalue weighted by molar-refractivity contribution is 0.415. The number of nitrogens with zero attached hydrogens (tertiary/aromatic N) is 3. The topological polar surface area (TPSA) is 73.4 Å². The van der Waals surface area contributed by atoms with E-state index in [1.54, 1.807) is 19.5 Å². The number of ether oxygens (including phenoxy) is 1. The molecule has 2 heterocycles. The van der Waals surface area contributed by atoms with Crippen molar-refractivity contribution in [2.24, 2.45) is 10.9 Å². The van der Waals surface area contributed by atoms with Gasteiger partial charge in [0.05, 0.1) is 24.0 Å². The number of fused-ring (bicyclic) bond motifs is 1. The number of nitrogens with two attached hydrogens (primary N) is 1. The van der Waals surface area contributed by atoms with Crippen LogP contribution in [0.1, 0.15) is 11.3 Å². The number of hydrazone groups is 1. The monoisotopic (exact) mass is 292 g/mol. The van der Waals surface area contributed by atoms with Gasteiger partial charge in [-0.3, -0.25) is 9.97 Å². The van der Waals surface area contributed by atoms with Gasteiger partial charge in [0.2, 0.25) is 0 Å². The molecule has 110 valence electrons. The highest BCUT2D eigenvalue weighted by Gasteiger charge is 2.10. The van der Waals surface area contributed by atoms with E-state index < -0.39 is 0 Å². The summed E-state index contributed by atoms with van der Waals surface area (Å²) in [5.74, 6) is 6.34. The smallest absolute Gasteiger partial charge is 0.121 e. The van der Waals surface area contributed by atoms with Gasteiger partial charge >= 0.3 is 0 Å². The van der Waals surface area contributed by atoms with Gasteiger partial charge in [0, 0.05) is 30.3 Å². The van der Waals surface area contributed by atoms with Gasteiger partial charge in [0.25, 0.3) is 0 Å². The van der Waals surface area contributed by atoms with Gasteiger partial charge in [-0.1, -0.05) is 6.07 Å². The molecule has 0 aliphatic rings. The second-order valence-electron chi connectivity index (χ2n) is 4.82. The predicted molar refractivity (Wildman–Crippen MR) is 87.0 cm³/mol. The molecule has 1 aromatic carbocycles. The highest BCUT2D eigenvalue weighted by atomic mass is 16.5. The minimum atomic E-state index is 0.596. The van der Waals surface area contributed by atoms with Crippen LogP contribution in [0, 0.1) is 0 Å². The normalized spacial score (nSPS) is 11.6. The van der Waals surface area contributed by atoms with Gasteiger partial charge < -0.3 is 10.6 Å². The lowest BCUT2D eigenvalue weighted by atomic mass is 10.0. The summed E-state index contributed by atoms with van der Waals surface area (Å²) in [5.41, 5.74) is 3.50. The predicted octanol–water partition coefficient (Wildman–Crippen LogP) is 2.54. The highest BCUT2D eigenvalue weighted by Crippen LogP contribution is 2.23. The summed E-state index contributed by atoms with van der Waals surface area (Å²) in [6.07, 6.45) is 4.11. The Morgan fingerprint density at radius 2 is 2.05 bits per heavy atom. The largest absolute Gasteiger partial charge is 0.497 e. The van der Waals surface area contributed by atoms with E-state index in [1.807, 2.05) is 42.5 Å². The van der Waals surface area contributed by atoms with Crippen LogP contribution < -0.4 is 10.6 Å². The van der Waals surface area contributed by atoms with Crippen LogP contribution >= 0.6 is 0 Å². The van der Waals surface area contributed by atoms with E-state index in [2.05, 4.69) is 15.1 Å². The standard InChI is InChI=1S/C17H16N4O/c1-22-13-5-6-14-12(7-9-20-16(14)11-13)10-17(21-18)15-4-2-3-8-19-15/h2-9,11H,10,18H2,1H3/b21-17-. The first-order valence-corrected chi connectivity index (χ1v) is 6.91. The average Bonchev–Trinajstić information content (AvgIpc) is 2.60. The Hall–Kier alpha value is -2.95. The van der Waals surface area contributed by atoms with Crippen molar-refractivity contribution in [3.63, 3.8) is 0 Å². The van der Waals surface area contributed by atoms with Gasteiger partial charge in [-0.05, 0) is 35.9 Å². The molecule has 0 fully saturated rings. The molecule has 2 N–H and O–H groups in total. The molecule has 0 bridgehead atoms. The second kappa shape index (κ2) is 6.22. The third-order valence-electron chi connectivity index (χ3n) is 3.51. The van der Waals surface area contributed by atoms with Crippen molar-refractivity contribution < 1.29 is 4.74 Å². The van der Waals surface area contributed by atoms with Crippen molar-refractivity contribution in [2.75, 3.05) is 7.11 Å². The Kier molecular flexibility index (Phi) is 3.96. The summed E-state index contributed by atoms with van der Waals surface area (Å²) in [7, 11) is 1.64. The Balaban J connectivity index is 2.00. The zero-order valence-electron chi connectivity index (χ0n) is 12.2. The molecule has 0 atom stereocenters. The van der Waals surface area contributed by atoms with E-state index >= 15 is 0 Å². The summed E-state index contributed by atoms with van der Waals surface area (Å²) < 4.78 is 5.24. The molecule has 5 heteroatoms. The minimum Gasteiger partial charge on any atom is -0.497 e. The number of pyridine rings is 2. The maximum Gasteiger partial charge on any atom is 0.121 e. The summed E-state index contributed by atoms with van der Waals surface area (Å²) >= 11 is 0. The molecule has 0 radical (unpaired) electrons. The molecule has 3 aromatic rings. The van der Waals surface area contributed by atoms with Crippen molar-refractivity contribution in [2.45, 2.75) is 6.42 Å². The fourth-order valence-electron chi connectivity index (χ4n) is 2.38. The number of rotatable bonds is 4. The van der Waals surface area contributed by atoms with Crippen molar-refractivity contribution in [1.82, 2.24) is 9.97 Å². The average molecular weight is 292 g/mol. The zero-order chi connectivity index (χ0) is 15.4. The SMILES string of the molecule is COc1ccc2c(C/C(=N/N)c3ccccn3)ccnc2c1. The lowest BCUT2D eigenvalue weighted by Crippen LogP contribution is -2.10. The van der Waals surface area contributed by atoms with Gasteiger partial charge in [-0.2, -0.15) is 5.10 Å². The van der Waals surface area contributed by atoms with E-state index in [9.17, 15) is 0 Å². The summed E-state index contributed by atoms with van der Waals surface area (Å²) in [6, 6.07) is 13.5. The van der Waals surface area contributed by atoms with Gasteiger partial charge in [-0.15, -0.1) is 0 Å². The van der Waals surface area contributed by atoms with Gasteiger partial charge in [-0.25, -0.2) is 0 Å². The lowest BCUT2D eigenvalue weighted by Gasteiger charge is -2.09. The van der Waals surface area contributed by atoms with Crippen LogP contribution in [0.3, 0.4) is 0 Å². The van der Waals surface area contributed by atoms with Crippen LogP contribution in [0.4, 0.5) is 0 Å². The molecular formula is C17H16N4O. The molecule has 3 rings (SSSR count). The maximum atomic E-state index is 5.55. The third kappa shape index (κ3) is 2.74. The van der Waals surface area contributed by atoms with Crippen molar-refractivity contribution in [3.8, 4) is 5.75 Å². The van der Waals surface area contributed by atoms with Crippen LogP contribution in [0.15, 0.2) is 60.0 Å². The second-order valence-corrected chi connectivity index (χ2v) is 4.82. The van der Waals surface area contributed by atoms with Crippen molar-refractivity contribution >= 4 is 16.6 Å². The number of hydrogen-bond donors (Lipinski definition) is 1. The molecule has 0 aliphatic heterocycles.